The Kier molecular flexibility index (Phi) is 3.30. The van der Waals surface area contributed by atoms with Crippen LogP contribution in [-0.4, -0.2) is 36.3 Å². The molecule has 0 aliphatic carbocycles. The minimum atomic E-state index is 0.586. The lowest BCUT2D eigenvalue weighted by Gasteiger charge is -2.46. The Morgan fingerprint density at radius 1 is 1.11 bits per heavy atom. The van der Waals surface area contributed by atoms with Crippen molar-refractivity contribution >= 4 is 11.8 Å². The molecule has 3 saturated heterocycles. The minimum absolute atomic E-state index is 0.586. The van der Waals surface area contributed by atoms with Gasteiger partial charge < -0.3 is 10.2 Å². The molecule has 3 heteroatoms. The van der Waals surface area contributed by atoms with Gasteiger partial charge in [0.15, 0.2) is 0 Å². The number of benzene rings is 1. The van der Waals surface area contributed by atoms with Crippen LogP contribution in [0.5, 0.6) is 0 Å². The summed E-state index contributed by atoms with van der Waals surface area (Å²) in [6.45, 7) is 3.94. The fourth-order valence-corrected chi connectivity index (χ4v) is 5.05. The number of nitrogens with zero attached hydrogens (tertiary/aromatic N) is 1. The standard InChI is InChI=1S/C16H22N2S/c1-2-4-16-13(3-1)14(7-10-19-16)17-15-11-18-8-5-12(15)6-9-18/h1-4,12,14-15,17H,5-11H2. The lowest BCUT2D eigenvalue weighted by molar-refractivity contribution is 0.0664. The highest BCUT2D eigenvalue weighted by atomic mass is 32.2. The van der Waals surface area contributed by atoms with Crippen molar-refractivity contribution in [2.24, 2.45) is 5.92 Å². The van der Waals surface area contributed by atoms with E-state index in [9.17, 15) is 0 Å². The molecule has 2 atom stereocenters. The number of nitrogens with one attached hydrogen (secondary N) is 1. The summed E-state index contributed by atoms with van der Waals surface area (Å²) in [6, 6.07) is 10.3. The summed E-state index contributed by atoms with van der Waals surface area (Å²) >= 11 is 2.02. The lowest BCUT2D eigenvalue weighted by atomic mass is 9.83. The third-order valence-corrected chi connectivity index (χ3v) is 6.15. The van der Waals surface area contributed by atoms with Crippen LogP contribution in [0.25, 0.3) is 0 Å². The number of hydrogen-bond donors (Lipinski definition) is 1. The second-order valence-electron chi connectivity index (χ2n) is 6.14. The van der Waals surface area contributed by atoms with E-state index in [1.165, 1.54) is 55.1 Å². The van der Waals surface area contributed by atoms with E-state index in [2.05, 4.69) is 34.5 Å². The summed E-state index contributed by atoms with van der Waals surface area (Å²) in [4.78, 5) is 4.13. The summed E-state index contributed by atoms with van der Waals surface area (Å²) in [6.07, 6.45) is 4.09. The molecule has 2 nitrogen and oxygen atoms in total. The highest BCUT2D eigenvalue weighted by Crippen LogP contribution is 2.37. The van der Waals surface area contributed by atoms with Gasteiger partial charge in [0.05, 0.1) is 0 Å². The van der Waals surface area contributed by atoms with E-state index in [0.29, 0.717) is 6.04 Å². The van der Waals surface area contributed by atoms with Gasteiger partial charge in [-0.15, -0.1) is 11.8 Å². The number of fused-ring (bicyclic) bond motifs is 4. The van der Waals surface area contributed by atoms with Crippen molar-refractivity contribution < 1.29 is 0 Å². The topological polar surface area (TPSA) is 15.3 Å². The molecule has 4 aliphatic rings. The third-order valence-electron chi connectivity index (χ3n) is 5.03. The van der Waals surface area contributed by atoms with Gasteiger partial charge >= 0.3 is 0 Å². The highest BCUT2D eigenvalue weighted by molar-refractivity contribution is 7.99. The molecule has 5 rings (SSSR count). The van der Waals surface area contributed by atoms with Gasteiger partial charge in [0.2, 0.25) is 0 Å². The van der Waals surface area contributed by atoms with E-state index >= 15 is 0 Å². The van der Waals surface area contributed by atoms with Crippen LogP contribution in [0.15, 0.2) is 29.2 Å². The monoisotopic (exact) mass is 274 g/mol. The van der Waals surface area contributed by atoms with E-state index < -0.39 is 0 Å². The summed E-state index contributed by atoms with van der Waals surface area (Å²) in [7, 11) is 0. The van der Waals surface area contributed by atoms with Crippen molar-refractivity contribution in [3.8, 4) is 0 Å². The van der Waals surface area contributed by atoms with Gasteiger partial charge in [-0.1, -0.05) is 18.2 Å². The van der Waals surface area contributed by atoms with Crippen LogP contribution < -0.4 is 5.32 Å². The maximum Gasteiger partial charge on any atom is 0.0342 e. The van der Waals surface area contributed by atoms with Gasteiger partial charge in [-0.25, -0.2) is 0 Å². The Morgan fingerprint density at radius 2 is 1.95 bits per heavy atom. The molecule has 0 spiro atoms. The lowest BCUT2D eigenvalue weighted by Crippen LogP contribution is -2.56. The molecular formula is C16H22N2S. The van der Waals surface area contributed by atoms with Gasteiger partial charge in [-0.3, -0.25) is 0 Å². The quantitative estimate of drug-likeness (QED) is 0.893. The van der Waals surface area contributed by atoms with Gasteiger partial charge in [0.25, 0.3) is 0 Å². The van der Waals surface area contributed by atoms with Crippen molar-refractivity contribution in [2.45, 2.75) is 36.2 Å². The first kappa shape index (κ1) is 12.2. The molecule has 2 bridgehead atoms. The molecule has 2 unspecified atom stereocenters. The van der Waals surface area contributed by atoms with E-state index in [-0.39, 0.29) is 0 Å². The van der Waals surface area contributed by atoms with Crippen LogP contribution in [0.3, 0.4) is 0 Å². The SMILES string of the molecule is c1ccc2c(c1)SCCC2NC1CN2CCC1CC2. The van der Waals surface area contributed by atoms with Gasteiger partial charge in [0.1, 0.15) is 0 Å². The van der Waals surface area contributed by atoms with E-state index in [1.54, 1.807) is 0 Å². The molecule has 4 heterocycles. The fraction of sp³-hybridized carbons (Fsp3) is 0.625. The summed E-state index contributed by atoms with van der Waals surface area (Å²) in [5.41, 5.74) is 1.54. The molecule has 1 aromatic rings. The molecule has 0 aromatic heterocycles. The van der Waals surface area contributed by atoms with Crippen molar-refractivity contribution in [3.05, 3.63) is 29.8 Å². The molecular weight excluding hydrogens is 252 g/mol. The molecule has 102 valence electrons. The first-order valence-electron chi connectivity index (χ1n) is 7.60. The smallest absolute Gasteiger partial charge is 0.0342 e. The normalized spacial score (nSPS) is 37.1. The maximum atomic E-state index is 3.99. The number of piperidine rings is 3. The zero-order valence-electron chi connectivity index (χ0n) is 11.3. The van der Waals surface area contributed by atoms with Gasteiger partial charge in [-0.2, -0.15) is 0 Å². The molecule has 0 radical (unpaired) electrons. The molecule has 3 fully saturated rings. The van der Waals surface area contributed by atoms with E-state index in [0.717, 1.165) is 12.0 Å². The Labute approximate surface area is 119 Å². The summed E-state index contributed by atoms with van der Waals surface area (Å²) in [5.74, 6) is 2.18. The van der Waals surface area contributed by atoms with Gasteiger partial charge in [-0.05, 0) is 55.7 Å². The van der Waals surface area contributed by atoms with Crippen LogP contribution in [0.1, 0.15) is 30.9 Å². The van der Waals surface area contributed by atoms with Crippen LogP contribution in [0.4, 0.5) is 0 Å². The van der Waals surface area contributed by atoms with Crippen molar-refractivity contribution in [1.29, 1.82) is 0 Å². The molecule has 0 saturated carbocycles. The molecule has 1 N–H and O–H groups in total. The Hall–Kier alpha value is -0.510. The average molecular weight is 274 g/mol. The molecule has 1 aromatic carbocycles. The summed E-state index contributed by atoms with van der Waals surface area (Å²) in [5, 5.41) is 3.99. The van der Waals surface area contributed by atoms with Crippen LogP contribution in [0, 0.1) is 5.92 Å². The van der Waals surface area contributed by atoms with Crippen molar-refractivity contribution in [2.75, 3.05) is 25.4 Å². The number of thioether (sulfide) groups is 1. The van der Waals surface area contributed by atoms with E-state index in [1.807, 2.05) is 11.8 Å². The highest BCUT2D eigenvalue weighted by Gasteiger charge is 2.35. The van der Waals surface area contributed by atoms with Crippen LogP contribution in [0.2, 0.25) is 0 Å². The number of hydrogen-bond acceptors (Lipinski definition) is 3. The Morgan fingerprint density at radius 3 is 2.74 bits per heavy atom. The largest absolute Gasteiger partial charge is 0.306 e. The van der Waals surface area contributed by atoms with Gasteiger partial charge in [0, 0.05) is 23.5 Å². The predicted molar refractivity (Wildman–Crippen MR) is 80.6 cm³/mol. The first-order chi connectivity index (χ1) is 9.40. The minimum Gasteiger partial charge on any atom is -0.306 e. The zero-order valence-corrected chi connectivity index (χ0v) is 12.2. The molecule has 0 amide bonds. The third kappa shape index (κ3) is 2.32. The Bertz CT molecular complexity index is 454. The number of rotatable bonds is 2. The maximum absolute atomic E-state index is 3.99. The average Bonchev–Trinajstić information content (AvgIpc) is 2.49. The zero-order chi connectivity index (χ0) is 12.7. The predicted octanol–water partition coefficient (Wildman–Crippen LogP) is 2.91. The molecule has 19 heavy (non-hydrogen) atoms. The summed E-state index contributed by atoms with van der Waals surface area (Å²) < 4.78 is 0. The van der Waals surface area contributed by atoms with E-state index in [4.69, 9.17) is 0 Å². The van der Waals surface area contributed by atoms with Crippen molar-refractivity contribution in [1.82, 2.24) is 10.2 Å². The Balaban J connectivity index is 1.52. The fourth-order valence-electron chi connectivity index (χ4n) is 3.93. The van der Waals surface area contributed by atoms with Crippen LogP contribution >= 0.6 is 11.8 Å². The second-order valence-corrected chi connectivity index (χ2v) is 7.28. The van der Waals surface area contributed by atoms with Crippen LogP contribution in [-0.2, 0) is 0 Å². The van der Waals surface area contributed by atoms with Crippen molar-refractivity contribution in [3.63, 3.8) is 0 Å². The second kappa shape index (κ2) is 5.12. The molecule has 4 aliphatic heterocycles. The first-order valence-corrected chi connectivity index (χ1v) is 8.59.